The van der Waals surface area contributed by atoms with E-state index in [4.69, 9.17) is 0 Å². The second-order valence-electron chi connectivity index (χ2n) is 7.29. The minimum atomic E-state index is -1.71. The van der Waals surface area contributed by atoms with Crippen molar-refractivity contribution >= 4 is 5.91 Å². The summed E-state index contributed by atoms with van der Waals surface area (Å²) in [5.74, 6) is -0.380. The number of rotatable bonds is 6. The van der Waals surface area contributed by atoms with Crippen molar-refractivity contribution in [3.8, 4) is 0 Å². The standard InChI is InChI=1S/C24H24N2O2/c27-23(25-22-17-26(18-22)16-19-10-4-1-5-11-19)24(28,20-12-6-2-7-13-20)21-14-8-3-9-15-21/h1-15,22,28H,16-18H2,(H,25,27). The average Bonchev–Trinajstić information content (AvgIpc) is 2.73. The van der Waals surface area contributed by atoms with Crippen molar-refractivity contribution in [3.63, 3.8) is 0 Å². The first-order chi connectivity index (χ1) is 13.7. The van der Waals surface area contributed by atoms with Crippen LogP contribution in [-0.2, 0) is 16.9 Å². The van der Waals surface area contributed by atoms with Gasteiger partial charge in [0.25, 0.3) is 5.91 Å². The largest absolute Gasteiger partial charge is 0.372 e. The molecule has 28 heavy (non-hydrogen) atoms. The first-order valence-electron chi connectivity index (χ1n) is 9.57. The van der Waals surface area contributed by atoms with E-state index in [-0.39, 0.29) is 11.9 Å². The van der Waals surface area contributed by atoms with Crippen LogP contribution in [0.2, 0.25) is 0 Å². The smallest absolute Gasteiger partial charge is 0.261 e. The summed E-state index contributed by atoms with van der Waals surface area (Å²) in [5.41, 5.74) is 0.693. The second-order valence-corrected chi connectivity index (χ2v) is 7.29. The summed E-state index contributed by atoms with van der Waals surface area (Å²) in [6.07, 6.45) is 0. The number of hydrogen-bond acceptors (Lipinski definition) is 3. The lowest BCUT2D eigenvalue weighted by Gasteiger charge is -2.41. The van der Waals surface area contributed by atoms with E-state index in [2.05, 4.69) is 22.3 Å². The second kappa shape index (κ2) is 7.97. The zero-order valence-corrected chi connectivity index (χ0v) is 15.7. The van der Waals surface area contributed by atoms with Crippen molar-refractivity contribution in [1.82, 2.24) is 10.2 Å². The highest BCUT2D eigenvalue weighted by Gasteiger charge is 2.42. The Morgan fingerprint density at radius 3 is 1.82 bits per heavy atom. The Morgan fingerprint density at radius 2 is 1.32 bits per heavy atom. The predicted octanol–water partition coefficient (Wildman–Crippen LogP) is 2.92. The molecule has 0 saturated carbocycles. The van der Waals surface area contributed by atoms with E-state index in [1.807, 2.05) is 54.6 Å². The van der Waals surface area contributed by atoms with Gasteiger partial charge in [-0.3, -0.25) is 9.69 Å². The van der Waals surface area contributed by atoms with E-state index in [9.17, 15) is 9.90 Å². The average molecular weight is 372 g/mol. The van der Waals surface area contributed by atoms with Gasteiger partial charge in [0.2, 0.25) is 0 Å². The Hall–Kier alpha value is -2.95. The SMILES string of the molecule is O=C(NC1CN(Cc2ccccc2)C1)C(O)(c1ccccc1)c1ccccc1. The quantitative estimate of drug-likeness (QED) is 0.700. The molecule has 1 fully saturated rings. The third-order valence-corrected chi connectivity index (χ3v) is 5.25. The first kappa shape index (κ1) is 18.4. The van der Waals surface area contributed by atoms with E-state index in [1.165, 1.54) is 5.56 Å². The Bertz CT molecular complexity index is 868. The van der Waals surface area contributed by atoms with Crippen molar-refractivity contribution < 1.29 is 9.90 Å². The van der Waals surface area contributed by atoms with Gasteiger partial charge in [-0.2, -0.15) is 0 Å². The summed E-state index contributed by atoms with van der Waals surface area (Å²) < 4.78 is 0. The van der Waals surface area contributed by atoms with Crippen LogP contribution < -0.4 is 5.32 Å². The molecule has 142 valence electrons. The topological polar surface area (TPSA) is 52.6 Å². The van der Waals surface area contributed by atoms with Gasteiger partial charge in [0.05, 0.1) is 6.04 Å². The van der Waals surface area contributed by atoms with E-state index in [0.29, 0.717) is 11.1 Å². The summed E-state index contributed by atoms with van der Waals surface area (Å²) in [6, 6.07) is 28.6. The van der Waals surface area contributed by atoms with Crippen LogP contribution in [-0.4, -0.2) is 35.0 Å². The molecule has 1 saturated heterocycles. The van der Waals surface area contributed by atoms with Crippen molar-refractivity contribution in [2.24, 2.45) is 0 Å². The van der Waals surface area contributed by atoms with Crippen LogP contribution >= 0.6 is 0 Å². The molecular weight excluding hydrogens is 348 g/mol. The number of aliphatic hydroxyl groups is 1. The fraction of sp³-hybridized carbons (Fsp3) is 0.208. The van der Waals surface area contributed by atoms with Crippen molar-refractivity contribution in [3.05, 3.63) is 108 Å². The molecular formula is C24H24N2O2. The van der Waals surface area contributed by atoms with Gasteiger partial charge in [0, 0.05) is 19.6 Å². The lowest BCUT2D eigenvalue weighted by molar-refractivity contribution is -0.138. The molecule has 4 nitrogen and oxygen atoms in total. The molecule has 1 amide bonds. The van der Waals surface area contributed by atoms with Crippen LogP contribution in [0, 0.1) is 0 Å². The number of benzene rings is 3. The van der Waals surface area contributed by atoms with Gasteiger partial charge < -0.3 is 10.4 Å². The highest BCUT2D eigenvalue weighted by molar-refractivity contribution is 5.90. The van der Waals surface area contributed by atoms with Gasteiger partial charge in [-0.15, -0.1) is 0 Å². The van der Waals surface area contributed by atoms with Crippen LogP contribution in [0.1, 0.15) is 16.7 Å². The number of nitrogens with one attached hydrogen (secondary N) is 1. The highest BCUT2D eigenvalue weighted by atomic mass is 16.3. The first-order valence-corrected chi connectivity index (χ1v) is 9.57. The molecule has 0 unspecified atom stereocenters. The fourth-order valence-corrected chi connectivity index (χ4v) is 3.71. The van der Waals surface area contributed by atoms with Crippen LogP contribution in [0.3, 0.4) is 0 Å². The van der Waals surface area contributed by atoms with Crippen LogP contribution in [0.15, 0.2) is 91.0 Å². The van der Waals surface area contributed by atoms with Crippen LogP contribution in [0.25, 0.3) is 0 Å². The normalized spacial score (nSPS) is 15.0. The monoisotopic (exact) mass is 372 g/mol. The summed E-state index contributed by atoms with van der Waals surface area (Å²) in [5, 5.41) is 14.5. The molecule has 1 heterocycles. The Balaban J connectivity index is 1.46. The maximum Gasteiger partial charge on any atom is 0.261 e. The Labute approximate surface area is 165 Å². The zero-order chi connectivity index (χ0) is 19.4. The third-order valence-electron chi connectivity index (χ3n) is 5.25. The van der Waals surface area contributed by atoms with Gasteiger partial charge in [-0.1, -0.05) is 91.0 Å². The van der Waals surface area contributed by atoms with Crippen molar-refractivity contribution in [2.75, 3.05) is 13.1 Å². The number of carbonyl (C=O) groups excluding carboxylic acids is 1. The van der Waals surface area contributed by atoms with Crippen molar-refractivity contribution in [1.29, 1.82) is 0 Å². The highest BCUT2D eigenvalue weighted by Crippen LogP contribution is 2.30. The van der Waals surface area contributed by atoms with Gasteiger partial charge in [-0.05, 0) is 16.7 Å². The number of likely N-dealkylation sites (tertiary alicyclic amines) is 1. The Kier molecular flexibility index (Phi) is 5.24. The van der Waals surface area contributed by atoms with E-state index in [0.717, 1.165) is 19.6 Å². The maximum atomic E-state index is 13.2. The lowest BCUT2D eigenvalue weighted by Crippen LogP contribution is -2.61. The lowest BCUT2D eigenvalue weighted by atomic mass is 9.85. The molecule has 4 rings (SSSR count). The van der Waals surface area contributed by atoms with Gasteiger partial charge in [0.1, 0.15) is 0 Å². The predicted molar refractivity (Wildman–Crippen MR) is 110 cm³/mol. The molecule has 0 aromatic heterocycles. The third kappa shape index (κ3) is 3.70. The van der Waals surface area contributed by atoms with E-state index < -0.39 is 5.60 Å². The number of carbonyl (C=O) groups is 1. The molecule has 0 radical (unpaired) electrons. The van der Waals surface area contributed by atoms with E-state index in [1.54, 1.807) is 24.3 Å². The molecule has 0 bridgehead atoms. The molecule has 1 aliphatic rings. The van der Waals surface area contributed by atoms with Crippen molar-refractivity contribution in [2.45, 2.75) is 18.2 Å². The fourth-order valence-electron chi connectivity index (χ4n) is 3.71. The van der Waals surface area contributed by atoms with E-state index >= 15 is 0 Å². The summed E-state index contributed by atoms with van der Waals surface area (Å²) in [4.78, 5) is 15.4. The summed E-state index contributed by atoms with van der Waals surface area (Å²) >= 11 is 0. The molecule has 0 spiro atoms. The van der Waals surface area contributed by atoms with Crippen LogP contribution in [0.4, 0.5) is 0 Å². The zero-order valence-electron chi connectivity index (χ0n) is 15.7. The molecule has 2 N–H and O–H groups in total. The summed E-state index contributed by atoms with van der Waals surface area (Å²) in [7, 11) is 0. The molecule has 1 aliphatic heterocycles. The van der Waals surface area contributed by atoms with Gasteiger partial charge >= 0.3 is 0 Å². The van der Waals surface area contributed by atoms with Crippen LogP contribution in [0.5, 0.6) is 0 Å². The summed E-state index contributed by atoms with van der Waals surface area (Å²) in [6.45, 7) is 2.43. The maximum absolute atomic E-state index is 13.2. The van der Waals surface area contributed by atoms with Gasteiger partial charge in [0.15, 0.2) is 5.60 Å². The molecule has 4 heteroatoms. The molecule has 3 aromatic carbocycles. The Morgan fingerprint density at radius 1 is 0.857 bits per heavy atom. The minimum absolute atomic E-state index is 0.0372. The molecule has 0 atom stereocenters. The molecule has 3 aromatic rings. The molecule has 0 aliphatic carbocycles. The number of hydrogen-bond donors (Lipinski definition) is 2. The number of nitrogens with zero attached hydrogens (tertiary/aromatic N) is 1. The number of amides is 1. The minimum Gasteiger partial charge on any atom is -0.372 e. The van der Waals surface area contributed by atoms with Gasteiger partial charge in [-0.25, -0.2) is 0 Å².